The lowest BCUT2D eigenvalue weighted by molar-refractivity contribution is -0.113. The molecule has 1 amide bonds. The minimum absolute atomic E-state index is 0.0174. The van der Waals surface area contributed by atoms with Crippen LogP contribution >= 0.6 is 23.5 Å². The summed E-state index contributed by atoms with van der Waals surface area (Å²) in [5.74, 6) is 0.322. The van der Waals surface area contributed by atoms with Crippen LogP contribution < -0.4 is 5.32 Å². The summed E-state index contributed by atoms with van der Waals surface area (Å²) in [6, 6.07) is 15.9. The van der Waals surface area contributed by atoms with Gasteiger partial charge in [-0.1, -0.05) is 36.0 Å². The normalized spacial score (nSPS) is 10.9. The molecule has 0 atom stereocenters. The van der Waals surface area contributed by atoms with Crippen molar-refractivity contribution in [2.45, 2.75) is 23.5 Å². The van der Waals surface area contributed by atoms with Crippen molar-refractivity contribution in [1.82, 2.24) is 9.55 Å². The van der Waals surface area contributed by atoms with Crippen LogP contribution in [0.1, 0.15) is 6.92 Å². The van der Waals surface area contributed by atoms with Gasteiger partial charge in [0, 0.05) is 11.4 Å². The summed E-state index contributed by atoms with van der Waals surface area (Å²) in [5, 5.41) is 3.87. The molecule has 0 aliphatic heterocycles. The van der Waals surface area contributed by atoms with Gasteiger partial charge in [-0.3, -0.25) is 4.79 Å². The number of thioether (sulfide) groups is 2. The average Bonchev–Trinajstić information content (AvgIpc) is 2.98. The average molecular weight is 358 g/mol. The van der Waals surface area contributed by atoms with Gasteiger partial charge in [-0.2, -0.15) is 0 Å². The van der Waals surface area contributed by atoms with Crippen molar-refractivity contribution in [3.05, 3.63) is 48.5 Å². The fourth-order valence-corrected chi connectivity index (χ4v) is 3.97. The zero-order valence-corrected chi connectivity index (χ0v) is 15.3. The number of fused-ring (bicyclic) bond motifs is 1. The lowest BCUT2D eigenvalue weighted by Crippen LogP contribution is -2.15. The molecule has 1 heterocycles. The lowest BCUT2D eigenvalue weighted by Gasteiger charge is -2.09. The zero-order valence-electron chi connectivity index (χ0n) is 13.7. The van der Waals surface area contributed by atoms with E-state index >= 15 is 0 Å². The molecule has 1 aromatic heterocycles. The van der Waals surface area contributed by atoms with Crippen molar-refractivity contribution >= 4 is 46.2 Å². The first-order valence-corrected chi connectivity index (χ1v) is 9.95. The second-order valence-corrected chi connectivity index (χ2v) is 6.96. The number of hydrogen-bond donors (Lipinski definition) is 1. The Morgan fingerprint density at radius 1 is 1.17 bits per heavy atom. The summed E-state index contributed by atoms with van der Waals surface area (Å²) in [4.78, 5) is 18.0. The van der Waals surface area contributed by atoms with Crippen LogP contribution in [-0.2, 0) is 11.3 Å². The summed E-state index contributed by atoms with van der Waals surface area (Å²) >= 11 is 3.09. The quantitative estimate of drug-likeness (QED) is 0.660. The van der Waals surface area contributed by atoms with Gasteiger partial charge in [-0.25, -0.2) is 4.98 Å². The van der Waals surface area contributed by atoms with Crippen molar-refractivity contribution < 1.29 is 4.79 Å². The maximum absolute atomic E-state index is 12.3. The Morgan fingerprint density at radius 3 is 2.71 bits per heavy atom. The third-order valence-corrected chi connectivity index (χ3v) is 5.42. The predicted molar refractivity (Wildman–Crippen MR) is 103 cm³/mol. The zero-order chi connectivity index (χ0) is 16.9. The van der Waals surface area contributed by atoms with E-state index in [9.17, 15) is 4.79 Å². The second-order valence-electron chi connectivity index (χ2n) is 5.16. The second kappa shape index (κ2) is 7.77. The molecule has 1 N–H and O–H groups in total. The SMILES string of the molecule is CCn1c(SCC(=O)Nc2ccccc2SC)nc2ccccc21. The molecule has 0 saturated carbocycles. The lowest BCUT2D eigenvalue weighted by atomic mass is 10.3. The van der Waals surface area contributed by atoms with Gasteiger partial charge in [0.2, 0.25) is 5.91 Å². The molecule has 0 radical (unpaired) electrons. The van der Waals surface area contributed by atoms with Crippen LogP contribution in [0.3, 0.4) is 0 Å². The highest BCUT2D eigenvalue weighted by atomic mass is 32.2. The number of aromatic nitrogens is 2. The van der Waals surface area contributed by atoms with E-state index in [0.717, 1.165) is 33.3 Å². The van der Waals surface area contributed by atoms with E-state index in [1.807, 2.05) is 48.7 Å². The van der Waals surface area contributed by atoms with Gasteiger partial charge < -0.3 is 9.88 Å². The van der Waals surface area contributed by atoms with Gasteiger partial charge in [0.1, 0.15) is 0 Å². The van der Waals surface area contributed by atoms with Crippen LogP contribution in [0, 0.1) is 0 Å². The van der Waals surface area contributed by atoms with Crippen LogP contribution in [0.25, 0.3) is 11.0 Å². The highest BCUT2D eigenvalue weighted by Gasteiger charge is 2.12. The molecule has 0 aliphatic carbocycles. The minimum Gasteiger partial charge on any atom is -0.324 e. The molecule has 6 heteroatoms. The number of para-hydroxylation sites is 3. The molecule has 4 nitrogen and oxygen atoms in total. The number of rotatable bonds is 6. The first-order chi connectivity index (χ1) is 11.7. The molecule has 3 rings (SSSR count). The van der Waals surface area contributed by atoms with Crippen LogP contribution in [0.2, 0.25) is 0 Å². The van der Waals surface area contributed by atoms with E-state index < -0.39 is 0 Å². The smallest absolute Gasteiger partial charge is 0.234 e. The van der Waals surface area contributed by atoms with Crippen molar-refractivity contribution in [2.75, 3.05) is 17.3 Å². The third-order valence-electron chi connectivity index (χ3n) is 3.65. The number of amides is 1. The maximum Gasteiger partial charge on any atom is 0.234 e. The van der Waals surface area contributed by atoms with Crippen molar-refractivity contribution in [2.24, 2.45) is 0 Å². The Labute approximate surface area is 150 Å². The van der Waals surface area contributed by atoms with Crippen LogP contribution in [0.15, 0.2) is 58.6 Å². The number of nitrogens with zero attached hydrogens (tertiary/aromatic N) is 2. The number of carbonyl (C=O) groups excluding carboxylic acids is 1. The van der Waals surface area contributed by atoms with Crippen LogP contribution in [-0.4, -0.2) is 27.5 Å². The monoisotopic (exact) mass is 357 g/mol. The third kappa shape index (κ3) is 3.60. The topological polar surface area (TPSA) is 46.9 Å². The largest absolute Gasteiger partial charge is 0.324 e. The van der Waals surface area contributed by atoms with E-state index in [4.69, 9.17) is 0 Å². The van der Waals surface area contributed by atoms with Crippen LogP contribution in [0.4, 0.5) is 5.69 Å². The van der Waals surface area contributed by atoms with E-state index in [0.29, 0.717) is 5.75 Å². The molecule has 0 saturated heterocycles. The molecular weight excluding hydrogens is 338 g/mol. The molecule has 124 valence electrons. The number of benzene rings is 2. The summed E-state index contributed by atoms with van der Waals surface area (Å²) in [7, 11) is 0. The first-order valence-electron chi connectivity index (χ1n) is 7.74. The van der Waals surface area contributed by atoms with E-state index in [1.165, 1.54) is 11.8 Å². The first kappa shape index (κ1) is 16.9. The molecule has 0 unspecified atom stereocenters. The Morgan fingerprint density at radius 2 is 1.92 bits per heavy atom. The van der Waals surface area contributed by atoms with Crippen molar-refractivity contribution in [3.63, 3.8) is 0 Å². The van der Waals surface area contributed by atoms with Gasteiger partial charge >= 0.3 is 0 Å². The molecule has 0 bridgehead atoms. The number of carbonyl (C=O) groups is 1. The van der Waals surface area contributed by atoms with Gasteiger partial charge in [0.15, 0.2) is 5.16 Å². The Balaban J connectivity index is 1.70. The fraction of sp³-hybridized carbons (Fsp3) is 0.222. The molecule has 0 aliphatic rings. The standard InChI is InChI=1S/C18H19N3OS2/c1-3-21-15-10-6-4-8-13(15)20-18(21)24-12-17(22)19-14-9-5-7-11-16(14)23-2/h4-11H,3,12H2,1-2H3,(H,19,22). The van der Waals surface area contributed by atoms with Crippen molar-refractivity contribution in [3.8, 4) is 0 Å². The summed E-state index contributed by atoms with van der Waals surface area (Å²) < 4.78 is 2.14. The number of aryl methyl sites for hydroxylation is 1. The van der Waals surface area contributed by atoms with Crippen molar-refractivity contribution in [1.29, 1.82) is 0 Å². The summed E-state index contributed by atoms with van der Waals surface area (Å²) in [6.07, 6.45) is 2.00. The predicted octanol–water partition coefficient (Wildman–Crippen LogP) is 4.51. The maximum atomic E-state index is 12.3. The van der Waals surface area contributed by atoms with Gasteiger partial charge in [-0.15, -0.1) is 11.8 Å². The number of hydrogen-bond acceptors (Lipinski definition) is 4. The molecule has 2 aromatic carbocycles. The summed E-state index contributed by atoms with van der Waals surface area (Å²) in [5.41, 5.74) is 2.94. The number of nitrogens with one attached hydrogen (secondary N) is 1. The van der Waals surface area contributed by atoms with Crippen LogP contribution in [0.5, 0.6) is 0 Å². The van der Waals surface area contributed by atoms with Gasteiger partial charge in [-0.05, 0) is 37.4 Å². The number of imidazole rings is 1. The molecule has 0 fully saturated rings. The Hall–Kier alpha value is -1.92. The molecule has 24 heavy (non-hydrogen) atoms. The van der Waals surface area contributed by atoms with E-state index in [2.05, 4.69) is 27.9 Å². The highest BCUT2D eigenvalue weighted by molar-refractivity contribution is 7.99. The molecule has 0 spiro atoms. The van der Waals surface area contributed by atoms with Gasteiger partial charge in [0.25, 0.3) is 0 Å². The Bertz CT molecular complexity index is 860. The van der Waals surface area contributed by atoms with E-state index in [-0.39, 0.29) is 5.91 Å². The molecular formula is C18H19N3OS2. The minimum atomic E-state index is -0.0174. The highest BCUT2D eigenvalue weighted by Crippen LogP contribution is 2.26. The Kier molecular flexibility index (Phi) is 5.48. The van der Waals surface area contributed by atoms with E-state index in [1.54, 1.807) is 11.8 Å². The summed E-state index contributed by atoms with van der Waals surface area (Å²) in [6.45, 7) is 2.92. The number of anilines is 1. The molecule has 3 aromatic rings. The van der Waals surface area contributed by atoms with Gasteiger partial charge in [0.05, 0.1) is 22.5 Å². The fourth-order valence-electron chi connectivity index (χ4n) is 2.53.